The van der Waals surface area contributed by atoms with Crippen molar-refractivity contribution in [2.75, 3.05) is 10.6 Å². The lowest BCUT2D eigenvalue weighted by molar-refractivity contribution is 0.0955. The predicted molar refractivity (Wildman–Crippen MR) is 132 cm³/mol. The molecule has 0 spiro atoms. The van der Waals surface area contributed by atoms with E-state index in [2.05, 4.69) is 31.1 Å². The van der Waals surface area contributed by atoms with Gasteiger partial charge in [-0.25, -0.2) is 13.8 Å². The molecule has 10 heteroatoms. The maximum Gasteiger partial charge on any atom is 0.261 e. The van der Waals surface area contributed by atoms with E-state index in [1.54, 1.807) is 24.3 Å². The first-order valence-corrected chi connectivity index (χ1v) is 12.2. The predicted octanol–water partition coefficient (Wildman–Crippen LogP) is 5.87. The number of hydrogen-bond acceptors (Lipinski definition) is 6. The summed E-state index contributed by atoms with van der Waals surface area (Å²) in [6.45, 7) is 1.97. The molecule has 5 rings (SSSR count). The molecule has 0 bridgehead atoms. The summed E-state index contributed by atoms with van der Waals surface area (Å²) in [5.41, 5.74) is 2.33. The van der Waals surface area contributed by atoms with Crippen molar-refractivity contribution in [3.63, 3.8) is 0 Å². The first-order valence-electron chi connectivity index (χ1n) is 11.3. The Balaban J connectivity index is 1.40. The topological polar surface area (TPSA) is 94.7 Å². The number of carbonyl (C=O) groups is 1. The van der Waals surface area contributed by atoms with Crippen LogP contribution in [0.4, 0.5) is 26.2 Å². The number of benzene rings is 1. The van der Waals surface area contributed by atoms with Gasteiger partial charge in [-0.15, -0.1) is 11.3 Å². The van der Waals surface area contributed by atoms with E-state index < -0.39 is 5.82 Å². The van der Waals surface area contributed by atoms with Crippen LogP contribution in [-0.2, 0) is 6.54 Å². The standard InChI is InChI=1S/C25H24F2N6OS/c1-14(15-6-8-18(26)9-7-15)29-23-17(13-28-25(34)21-3-2-10-35-21)11-19(27)24(31-23)30-22-12-20(32-33-22)16-4-5-16/h2-3,6-12,14,16H,4-5,13H2,1H3,(H,28,34)(H3,29,30,31,32,33). The van der Waals surface area contributed by atoms with Crippen LogP contribution < -0.4 is 16.0 Å². The fourth-order valence-electron chi connectivity index (χ4n) is 3.71. The number of nitrogens with zero attached hydrogens (tertiary/aromatic N) is 2. The molecule has 1 aliphatic rings. The van der Waals surface area contributed by atoms with Crippen LogP contribution in [0.3, 0.4) is 0 Å². The normalized spacial score (nSPS) is 13.9. The zero-order chi connectivity index (χ0) is 24.4. The lowest BCUT2D eigenvalue weighted by Crippen LogP contribution is -2.23. The summed E-state index contributed by atoms with van der Waals surface area (Å²) in [7, 11) is 0. The Labute approximate surface area is 205 Å². The van der Waals surface area contributed by atoms with Crippen molar-refractivity contribution >= 4 is 34.7 Å². The van der Waals surface area contributed by atoms with Crippen molar-refractivity contribution in [2.45, 2.75) is 38.3 Å². The van der Waals surface area contributed by atoms with Crippen molar-refractivity contribution < 1.29 is 13.6 Å². The monoisotopic (exact) mass is 494 g/mol. The van der Waals surface area contributed by atoms with E-state index in [0.29, 0.717) is 28.0 Å². The average molecular weight is 495 g/mol. The Bertz CT molecular complexity index is 1320. The van der Waals surface area contributed by atoms with Gasteiger partial charge in [0.15, 0.2) is 17.5 Å². The molecule has 0 saturated heterocycles. The number of carbonyl (C=O) groups excluding carboxylic acids is 1. The van der Waals surface area contributed by atoms with Gasteiger partial charge in [-0.2, -0.15) is 5.10 Å². The second kappa shape index (κ2) is 9.83. The van der Waals surface area contributed by atoms with E-state index in [4.69, 9.17) is 0 Å². The minimum absolute atomic E-state index is 0.0148. The molecule has 0 radical (unpaired) electrons. The lowest BCUT2D eigenvalue weighted by Gasteiger charge is -2.19. The van der Waals surface area contributed by atoms with Gasteiger partial charge in [-0.1, -0.05) is 18.2 Å². The third-order valence-corrected chi connectivity index (χ3v) is 6.69. The molecular weight excluding hydrogens is 470 g/mol. The second-order valence-corrected chi connectivity index (χ2v) is 9.46. The number of thiophene rings is 1. The van der Waals surface area contributed by atoms with Crippen LogP contribution in [0, 0.1) is 11.6 Å². The molecule has 4 aromatic rings. The molecule has 1 saturated carbocycles. The fourth-order valence-corrected chi connectivity index (χ4v) is 4.35. The first kappa shape index (κ1) is 23.0. The zero-order valence-electron chi connectivity index (χ0n) is 18.9. The van der Waals surface area contributed by atoms with Gasteiger partial charge in [0.25, 0.3) is 5.91 Å². The SMILES string of the molecule is CC(Nc1nc(Nc2cc(C3CC3)[nH]n2)c(F)cc1CNC(=O)c1cccs1)c1ccc(F)cc1. The Hall–Kier alpha value is -3.79. The number of hydrogen-bond donors (Lipinski definition) is 4. The van der Waals surface area contributed by atoms with Gasteiger partial charge in [-0.3, -0.25) is 9.89 Å². The van der Waals surface area contributed by atoms with Crippen molar-refractivity contribution in [3.8, 4) is 0 Å². The Morgan fingerprint density at radius 1 is 1.17 bits per heavy atom. The van der Waals surface area contributed by atoms with Gasteiger partial charge in [0.05, 0.1) is 4.88 Å². The molecular formula is C25H24F2N6OS. The van der Waals surface area contributed by atoms with E-state index >= 15 is 4.39 Å². The van der Waals surface area contributed by atoms with Crippen LogP contribution in [-0.4, -0.2) is 21.1 Å². The van der Waals surface area contributed by atoms with Crippen LogP contribution >= 0.6 is 11.3 Å². The molecule has 1 atom stereocenters. The third kappa shape index (κ3) is 5.48. The number of anilines is 3. The third-order valence-electron chi connectivity index (χ3n) is 5.82. The average Bonchev–Trinajstić information content (AvgIpc) is 3.34. The van der Waals surface area contributed by atoms with Crippen LogP contribution in [0.2, 0.25) is 0 Å². The highest BCUT2D eigenvalue weighted by molar-refractivity contribution is 7.12. The molecule has 0 aliphatic heterocycles. The molecule has 1 fully saturated rings. The summed E-state index contributed by atoms with van der Waals surface area (Å²) >= 11 is 1.33. The highest BCUT2D eigenvalue weighted by Gasteiger charge is 2.26. The van der Waals surface area contributed by atoms with Gasteiger partial charge < -0.3 is 16.0 Å². The van der Waals surface area contributed by atoms with Gasteiger partial charge in [0, 0.05) is 35.8 Å². The number of rotatable bonds is 9. The van der Waals surface area contributed by atoms with Crippen LogP contribution in [0.15, 0.2) is 53.9 Å². The molecule has 35 heavy (non-hydrogen) atoms. The summed E-state index contributed by atoms with van der Waals surface area (Å²) in [5, 5.41) is 18.1. The van der Waals surface area contributed by atoms with Crippen LogP contribution in [0.25, 0.3) is 0 Å². The van der Waals surface area contributed by atoms with E-state index in [-0.39, 0.29) is 30.1 Å². The molecule has 180 valence electrons. The second-order valence-electron chi connectivity index (χ2n) is 8.51. The zero-order valence-corrected chi connectivity index (χ0v) is 19.8. The number of nitrogens with one attached hydrogen (secondary N) is 4. The number of aromatic nitrogens is 3. The van der Waals surface area contributed by atoms with Crippen LogP contribution in [0.5, 0.6) is 0 Å². The Morgan fingerprint density at radius 2 is 1.97 bits per heavy atom. The Morgan fingerprint density at radius 3 is 2.69 bits per heavy atom. The summed E-state index contributed by atoms with van der Waals surface area (Å²) < 4.78 is 28.4. The maximum atomic E-state index is 15.1. The van der Waals surface area contributed by atoms with Gasteiger partial charge in [-0.05, 0) is 55.0 Å². The van der Waals surface area contributed by atoms with E-state index in [1.807, 2.05) is 18.4 Å². The van der Waals surface area contributed by atoms with E-state index in [1.165, 1.54) is 29.5 Å². The fraction of sp³-hybridized carbons (Fsp3) is 0.240. The van der Waals surface area contributed by atoms with Crippen LogP contribution in [0.1, 0.15) is 58.2 Å². The molecule has 3 aromatic heterocycles. The van der Waals surface area contributed by atoms with E-state index in [0.717, 1.165) is 24.1 Å². The number of aromatic amines is 1. The maximum absolute atomic E-state index is 15.1. The highest BCUT2D eigenvalue weighted by atomic mass is 32.1. The minimum atomic E-state index is -0.568. The first-order chi connectivity index (χ1) is 17.0. The molecule has 1 amide bonds. The quantitative estimate of drug-likeness (QED) is 0.234. The number of halogens is 2. The van der Waals surface area contributed by atoms with Crippen molar-refractivity contribution in [3.05, 3.63) is 87.2 Å². The smallest absolute Gasteiger partial charge is 0.261 e. The van der Waals surface area contributed by atoms with Gasteiger partial charge in [0.2, 0.25) is 0 Å². The van der Waals surface area contributed by atoms with Crippen molar-refractivity contribution in [2.24, 2.45) is 0 Å². The number of pyridine rings is 1. The Kier molecular flexibility index (Phi) is 6.45. The molecule has 1 aromatic carbocycles. The van der Waals surface area contributed by atoms with Crippen molar-refractivity contribution in [1.82, 2.24) is 20.5 Å². The molecule has 4 N–H and O–H groups in total. The minimum Gasteiger partial charge on any atom is -0.363 e. The lowest BCUT2D eigenvalue weighted by atomic mass is 10.1. The summed E-state index contributed by atoms with van der Waals surface area (Å²) in [6.07, 6.45) is 2.24. The molecule has 1 aliphatic carbocycles. The number of amides is 1. The highest BCUT2D eigenvalue weighted by Crippen LogP contribution is 2.39. The molecule has 3 heterocycles. The number of H-pyrrole nitrogens is 1. The summed E-state index contributed by atoms with van der Waals surface area (Å²) in [4.78, 5) is 17.5. The van der Waals surface area contributed by atoms with E-state index in [9.17, 15) is 9.18 Å². The van der Waals surface area contributed by atoms with Crippen molar-refractivity contribution in [1.29, 1.82) is 0 Å². The molecule has 1 unspecified atom stereocenters. The van der Waals surface area contributed by atoms with Gasteiger partial charge in [0.1, 0.15) is 11.6 Å². The summed E-state index contributed by atoms with van der Waals surface area (Å²) in [6, 6.07) is 12.6. The summed E-state index contributed by atoms with van der Waals surface area (Å²) in [5.74, 6) is 0.240. The van der Waals surface area contributed by atoms with Gasteiger partial charge >= 0.3 is 0 Å². The largest absolute Gasteiger partial charge is 0.363 e. The molecule has 7 nitrogen and oxygen atoms in total.